The lowest BCUT2D eigenvalue weighted by Crippen LogP contribution is -2.55. The molecule has 0 saturated heterocycles. The number of aliphatic hydroxyl groups excluding tert-OH is 3. The van der Waals surface area contributed by atoms with Gasteiger partial charge in [-0.05, 0) is 59.7 Å². The average molecular weight is 648 g/mol. The summed E-state index contributed by atoms with van der Waals surface area (Å²) in [7, 11) is 2.95. The number of ether oxygens (including phenoxy) is 3. The molecule has 0 aliphatic heterocycles. The number of Topliss-reactive ketones (excluding diaryl/α,β-unsaturated/α-hetero) is 1. The third kappa shape index (κ3) is 8.90. The van der Waals surface area contributed by atoms with Crippen LogP contribution in [0.25, 0.3) is 0 Å². The van der Waals surface area contributed by atoms with Gasteiger partial charge in [0.2, 0.25) is 11.8 Å². The molecule has 0 fully saturated rings. The molecule has 2 amide bonds. The van der Waals surface area contributed by atoms with Crippen molar-refractivity contribution < 1.29 is 43.9 Å². The molecule has 212 valence electrons. The first kappa shape index (κ1) is 32.0. The third-order valence-electron chi connectivity index (χ3n) is 6.12. The Balaban J connectivity index is 2.45. The second-order valence-corrected chi connectivity index (χ2v) is 10.1. The van der Waals surface area contributed by atoms with Crippen LogP contribution in [0.15, 0.2) is 23.8 Å². The number of aliphatic hydroxyl groups is 3. The SMILES string of the molecule is COCCN(C(=O)CCCC(C)=O)[C@@H]1CC(C(=O)NCCO)=C[C@H](Oc2c(I)cc(CO)cc2OC)[C@H]1O. The van der Waals surface area contributed by atoms with E-state index in [1.165, 1.54) is 32.1 Å². The second kappa shape index (κ2) is 16.0. The summed E-state index contributed by atoms with van der Waals surface area (Å²) in [5.74, 6) is -0.0850. The number of amides is 2. The van der Waals surface area contributed by atoms with Gasteiger partial charge in [-0.1, -0.05) is 0 Å². The van der Waals surface area contributed by atoms with Crippen LogP contribution in [-0.4, -0.2) is 96.6 Å². The second-order valence-electron chi connectivity index (χ2n) is 8.92. The maximum atomic E-state index is 13.2. The standard InChI is InChI=1S/C26H37IN2O9/c1-16(32)5-4-6-23(33)29(8-10-36-2)20-13-18(26(35)28-7-9-30)14-21(24(20)34)38-25-19(27)11-17(15-31)12-22(25)37-3/h11-12,14,20-21,24,30-31,34H,4-10,13,15H2,1-3H3,(H,28,35)/t20-,21+,24+/m1/s1. The predicted octanol–water partition coefficient (Wildman–Crippen LogP) is 0.942. The fraction of sp³-hybridized carbons (Fsp3) is 0.577. The number of halogens is 1. The Bertz CT molecular complexity index is 1000. The molecule has 1 aromatic rings. The third-order valence-corrected chi connectivity index (χ3v) is 6.92. The number of ketones is 1. The Morgan fingerprint density at radius 2 is 1.92 bits per heavy atom. The van der Waals surface area contributed by atoms with Crippen molar-refractivity contribution in [2.24, 2.45) is 0 Å². The van der Waals surface area contributed by atoms with Crippen molar-refractivity contribution in [3.8, 4) is 11.5 Å². The van der Waals surface area contributed by atoms with Crippen molar-refractivity contribution in [3.05, 3.63) is 32.9 Å². The highest BCUT2D eigenvalue weighted by molar-refractivity contribution is 14.1. The first-order valence-electron chi connectivity index (χ1n) is 12.4. The summed E-state index contributed by atoms with van der Waals surface area (Å²) in [5, 5.41) is 32.7. The molecule has 4 N–H and O–H groups in total. The maximum Gasteiger partial charge on any atom is 0.247 e. The van der Waals surface area contributed by atoms with Crippen LogP contribution in [-0.2, 0) is 25.7 Å². The van der Waals surface area contributed by atoms with Gasteiger partial charge in [0, 0.05) is 45.0 Å². The molecule has 3 atom stereocenters. The van der Waals surface area contributed by atoms with Crippen LogP contribution in [0.1, 0.15) is 38.2 Å². The Morgan fingerprint density at radius 1 is 1.18 bits per heavy atom. The van der Waals surface area contributed by atoms with Gasteiger partial charge in [-0.3, -0.25) is 9.59 Å². The molecule has 38 heavy (non-hydrogen) atoms. The van der Waals surface area contributed by atoms with Crippen molar-refractivity contribution in [1.82, 2.24) is 10.2 Å². The molecule has 1 aromatic carbocycles. The van der Waals surface area contributed by atoms with Crippen LogP contribution in [0.5, 0.6) is 11.5 Å². The predicted molar refractivity (Wildman–Crippen MR) is 147 cm³/mol. The molecular weight excluding hydrogens is 611 g/mol. The zero-order chi connectivity index (χ0) is 28.2. The molecule has 1 aliphatic carbocycles. The summed E-state index contributed by atoms with van der Waals surface area (Å²) in [5.41, 5.74) is 0.904. The summed E-state index contributed by atoms with van der Waals surface area (Å²) in [6.45, 7) is 1.44. The minimum Gasteiger partial charge on any atom is -0.493 e. The Kier molecular flexibility index (Phi) is 13.4. The molecule has 2 rings (SSSR count). The molecule has 1 aliphatic rings. The Labute approximate surface area is 236 Å². The van der Waals surface area contributed by atoms with Gasteiger partial charge in [-0.15, -0.1) is 0 Å². The normalized spacial score (nSPS) is 18.9. The highest BCUT2D eigenvalue weighted by Gasteiger charge is 2.40. The van der Waals surface area contributed by atoms with E-state index >= 15 is 0 Å². The fourth-order valence-electron chi connectivity index (χ4n) is 4.19. The number of nitrogens with one attached hydrogen (secondary N) is 1. The molecular formula is C26H37IN2O9. The van der Waals surface area contributed by atoms with Gasteiger partial charge >= 0.3 is 0 Å². The first-order valence-corrected chi connectivity index (χ1v) is 13.4. The van der Waals surface area contributed by atoms with E-state index < -0.39 is 24.2 Å². The van der Waals surface area contributed by atoms with Gasteiger partial charge < -0.3 is 44.5 Å². The number of benzene rings is 1. The van der Waals surface area contributed by atoms with Crippen LogP contribution >= 0.6 is 22.6 Å². The lowest BCUT2D eigenvalue weighted by Gasteiger charge is -2.40. The highest BCUT2D eigenvalue weighted by atomic mass is 127. The Morgan fingerprint density at radius 3 is 2.53 bits per heavy atom. The van der Waals surface area contributed by atoms with E-state index in [9.17, 15) is 24.6 Å². The van der Waals surface area contributed by atoms with Crippen molar-refractivity contribution >= 4 is 40.2 Å². The van der Waals surface area contributed by atoms with E-state index in [4.69, 9.17) is 19.3 Å². The number of rotatable bonds is 15. The molecule has 0 radical (unpaired) electrons. The van der Waals surface area contributed by atoms with Crippen LogP contribution in [0, 0.1) is 3.57 Å². The summed E-state index contributed by atoms with van der Waals surface area (Å²) in [6.07, 6.45) is 0.0575. The van der Waals surface area contributed by atoms with Gasteiger partial charge in [0.1, 0.15) is 18.0 Å². The van der Waals surface area contributed by atoms with Crippen molar-refractivity contribution in [2.45, 2.75) is 57.5 Å². The van der Waals surface area contributed by atoms with Gasteiger partial charge in [0.05, 0.1) is 36.5 Å². The summed E-state index contributed by atoms with van der Waals surface area (Å²) < 4.78 is 17.5. The van der Waals surface area contributed by atoms with Crippen LogP contribution < -0.4 is 14.8 Å². The molecule has 0 bridgehead atoms. The van der Waals surface area contributed by atoms with E-state index in [1.54, 1.807) is 12.1 Å². The zero-order valence-electron chi connectivity index (χ0n) is 21.9. The topological polar surface area (TPSA) is 155 Å². The number of hydrogen-bond donors (Lipinski definition) is 4. The smallest absolute Gasteiger partial charge is 0.247 e. The largest absolute Gasteiger partial charge is 0.493 e. The maximum absolute atomic E-state index is 13.2. The van der Waals surface area contributed by atoms with Crippen LogP contribution in [0.3, 0.4) is 0 Å². The number of carbonyl (C=O) groups excluding carboxylic acids is 3. The van der Waals surface area contributed by atoms with Crippen LogP contribution in [0.4, 0.5) is 0 Å². The summed E-state index contributed by atoms with van der Waals surface area (Å²) in [6, 6.07) is 2.51. The molecule has 0 aromatic heterocycles. The van der Waals surface area contributed by atoms with E-state index in [-0.39, 0.29) is 63.9 Å². The van der Waals surface area contributed by atoms with Gasteiger partial charge in [0.15, 0.2) is 11.5 Å². The van der Waals surface area contributed by atoms with Crippen molar-refractivity contribution in [2.75, 3.05) is 40.5 Å². The van der Waals surface area contributed by atoms with E-state index in [0.29, 0.717) is 32.6 Å². The summed E-state index contributed by atoms with van der Waals surface area (Å²) in [4.78, 5) is 39.0. The molecule has 0 spiro atoms. The van der Waals surface area contributed by atoms with E-state index in [1.807, 2.05) is 22.6 Å². The minimum absolute atomic E-state index is 0.0195. The molecule has 0 unspecified atom stereocenters. The van der Waals surface area contributed by atoms with E-state index in [0.717, 1.165) is 0 Å². The lowest BCUT2D eigenvalue weighted by molar-refractivity contribution is -0.139. The molecule has 12 heteroatoms. The van der Waals surface area contributed by atoms with Gasteiger partial charge in [0.25, 0.3) is 0 Å². The van der Waals surface area contributed by atoms with Crippen molar-refractivity contribution in [1.29, 1.82) is 0 Å². The quantitative estimate of drug-likeness (QED) is 0.204. The van der Waals surface area contributed by atoms with Gasteiger partial charge in [-0.2, -0.15) is 0 Å². The summed E-state index contributed by atoms with van der Waals surface area (Å²) >= 11 is 2.03. The number of nitrogens with zero attached hydrogens (tertiary/aromatic N) is 1. The minimum atomic E-state index is -1.21. The number of hydrogen-bond acceptors (Lipinski definition) is 9. The molecule has 0 saturated carbocycles. The number of methoxy groups -OCH3 is 2. The number of carbonyl (C=O) groups is 3. The molecule has 0 heterocycles. The van der Waals surface area contributed by atoms with Gasteiger partial charge in [-0.25, -0.2) is 0 Å². The molecule has 11 nitrogen and oxygen atoms in total. The fourth-order valence-corrected chi connectivity index (χ4v) is 4.98. The monoisotopic (exact) mass is 648 g/mol. The van der Waals surface area contributed by atoms with E-state index in [2.05, 4.69) is 5.32 Å². The Hall–Kier alpha value is -2.26. The highest BCUT2D eigenvalue weighted by Crippen LogP contribution is 2.37. The average Bonchev–Trinajstić information content (AvgIpc) is 2.89. The first-order chi connectivity index (χ1) is 18.2. The van der Waals surface area contributed by atoms with Crippen molar-refractivity contribution in [3.63, 3.8) is 0 Å². The lowest BCUT2D eigenvalue weighted by atomic mass is 9.88. The van der Waals surface area contributed by atoms with Crippen LogP contribution in [0.2, 0.25) is 0 Å². The zero-order valence-corrected chi connectivity index (χ0v) is 24.1.